The van der Waals surface area contributed by atoms with Crippen LogP contribution in [0.2, 0.25) is 0 Å². The summed E-state index contributed by atoms with van der Waals surface area (Å²) in [6, 6.07) is 0.655. The predicted octanol–water partition coefficient (Wildman–Crippen LogP) is 3.85. The smallest absolute Gasteiger partial charge is 0.0304 e. The Bertz CT molecular complexity index is 238. The third-order valence-corrected chi connectivity index (χ3v) is 4.48. The van der Waals surface area contributed by atoms with E-state index in [0.717, 1.165) is 5.92 Å². The van der Waals surface area contributed by atoms with Gasteiger partial charge in [0.15, 0.2) is 0 Å². The lowest BCUT2D eigenvalue weighted by atomic mass is 9.82. The van der Waals surface area contributed by atoms with Crippen molar-refractivity contribution in [2.24, 2.45) is 11.3 Å². The zero-order valence-electron chi connectivity index (χ0n) is 11.0. The first-order chi connectivity index (χ1) is 7.62. The Morgan fingerprint density at radius 3 is 2.50 bits per heavy atom. The second-order valence-corrected chi connectivity index (χ2v) is 6.51. The summed E-state index contributed by atoms with van der Waals surface area (Å²) in [6.07, 6.45) is 10.7. The third kappa shape index (κ3) is 2.68. The minimum absolute atomic E-state index is 0.512. The van der Waals surface area contributed by atoms with Crippen LogP contribution in [0.3, 0.4) is 0 Å². The summed E-state index contributed by atoms with van der Waals surface area (Å²) in [5.41, 5.74) is 0.512. The van der Waals surface area contributed by atoms with Gasteiger partial charge in [-0.2, -0.15) is 0 Å². The minimum Gasteiger partial charge on any atom is -0.296 e. The summed E-state index contributed by atoms with van der Waals surface area (Å²) in [5, 5.41) is 0. The van der Waals surface area contributed by atoms with Gasteiger partial charge < -0.3 is 0 Å². The van der Waals surface area contributed by atoms with Crippen LogP contribution in [0.1, 0.15) is 52.4 Å². The van der Waals surface area contributed by atoms with Gasteiger partial charge in [0, 0.05) is 12.6 Å². The second kappa shape index (κ2) is 4.91. The first-order valence-electron chi connectivity index (χ1n) is 6.99. The zero-order valence-corrected chi connectivity index (χ0v) is 11.0. The van der Waals surface area contributed by atoms with Crippen molar-refractivity contribution in [1.29, 1.82) is 0 Å². The fourth-order valence-corrected chi connectivity index (χ4v) is 3.66. The monoisotopic (exact) mass is 221 g/mol. The van der Waals surface area contributed by atoms with Crippen molar-refractivity contribution in [3.05, 3.63) is 12.7 Å². The van der Waals surface area contributed by atoms with E-state index in [9.17, 15) is 0 Å². The van der Waals surface area contributed by atoms with Crippen molar-refractivity contribution < 1.29 is 0 Å². The average Bonchev–Trinajstić information content (AvgIpc) is 2.71. The van der Waals surface area contributed by atoms with Crippen molar-refractivity contribution in [2.75, 3.05) is 13.1 Å². The van der Waals surface area contributed by atoms with E-state index in [1.165, 1.54) is 51.6 Å². The molecule has 2 aliphatic rings. The normalized spacial score (nSPS) is 29.1. The fourth-order valence-electron chi connectivity index (χ4n) is 3.66. The van der Waals surface area contributed by atoms with Crippen LogP contribution in [0.15, 0.2) is 12.7 Å². The predicted molar refractivity (Wildman–Crippen MR) is 70.5 cm³/mol. The van der Waals surface area contributed by atoms with E-state index in [1.807, 2.05) is 0 Å². The fraction of sp³-hybridized carbons (Fsp3) is 0.867. The van der Waals surface area contributed by atoms with Crippen LogP contribution < -0.4 is 0 Å². The third-order valence-electron chi connectivity index (χ3n) is 4.48. The first-order valence-corrected chi connectivity index (χ1v) is 6.99. The highest BCUT2D eigenvalue weighted by Crippen LogP contribution is 2.35. The number of rotatable bonds is 3. The Labute approximate surface area is 101 Å². The van der Waals surface area contributed by atoms with Crippen LogP contribution in [-0.4, -0.2) is 24.0 Å². The second-order valence-electron chi connectivity index (χ2n) is 6.51. The molecule has 1 nitrogen and oxygen atoms in total. The summed E-state index contributed by atoms with van der Waals surface area (Å²) in [7, 11) is 0. The molecule has 1 saturated carbocycles. The molecule has 0 spiro atoms. The molecule has 16 heavy (non-hydrogen) atoms. The Morgan fingerprint density at radius 1 is 1.25 bits per heavy atom. The summed E-state index contributed by atoms with van der Waals surface area (Å²) in [4.78, 5) is 2.70. The van der Waals surface area contributed by atoms with E-state index in [-0.39, 0.29) is 0 Å². The molecule has 0 N–H and O–H groups in total. The molecule has 1 unspecified atom stereocenters. The molecule has 1 aliphatic carbocycles. The maximum Gasteiger partial charge on any atom is 0.0304 e. The molecule has 0 amide bonds. The Hall–Kier alpha value is -0.300. The molecule has 0 aromatic carbocycles. The quantitative estimate of drug-likeness (QED) is 0.654. The number of hydrogen-bond donors (Lipinski definition) is 0. The van der Waals surface area contributed by atoms with Gasteiger partial charge in [-0.15, -0.1) is 6.58 Å². The van der Waals surface area contributed by atoms with Gasteiger partial charge in [-0.1, -0.05) is 32.8 Å². The highest BCUT2D eigenvalue weighted by molar-refractivity contribution is 4.97. The van der Waals surface area contributed by atoms with Crippen LogP contribution in [0, 0.1) is 11.3 Å². The molecule has 2 fully saturated rings. The molecule has 1 saturated heterocycles. The molecule has 1 atom stereocenters. The summed E-state index contributed by atoms with van der Waals surface area (Å²) in [5.74, 6) is 0.895. The van der Waals surface area contributed by atoms with E-state index in [1.54, 1.807) is 0 Å². The lowest BCUT2D eigenvalue weighted by Crippen LogP contribution is -2.47. The molecule has 0 aromatic heterocycles. The van der Waals surface area contributed by atoms with Crippen LogP contribution in [0.5, 0.6) is 0 Å². The van der Waals surface area contributed by atoms with Crippen LogP contribution in [0.4, 0.5) is 0 Å². The number of likely N-dealkylation sites (tertiary alicyclic amines) is 1. The van der Waals surface area contributed by atoms with Gasteiger partial charge in [-0.25, -0.2) is 0 Å². The molecule has 1 aliphatic heterocycles. The molecular formula is C15H27N. The van der Waals surface area contributed by atoms with Crippen LogP contribution in [0.25, 0.3) is 0 Å². The Balaban J connectivity index is 2.00. The molecule has 0 bridgehead atoms. The lowest BCUT2D eigenvalue weighted by Gasteiger charge is -2.43. The van der Waals surface area contributed by atoms with E-state index in [4.69, 9.17) is 0 Å². The highest BCUT2D eigenvalue weighted by atomic mass is 15.2. The van der Waals surface area contributed by atoms with Crippen molar-refractivity contribution in [3.8, 4) is 0 Å². The average molecular weight is 221 g/mol. The highest BCUT2D eigenvalue weighted by Gasteiger charge is 2.33. The van der Waals surface area contributed by atoms with Gasteiger partial charge in [0.05, 0.1) is 0 Å². The van der Waals surface area contributed by atoms with Crippen molar-refractivity contribution in [1.82, 2.24) is 4.90 Å². The summed E-state index contributed by atoms with van der Waals surface area (Å²) < 4.78 is 0. The van der Waals surface area contributed by atoms with Gasteiger partial charge in [0.25, 0.3) is 0 Å². The standard InChI is InChI=1S/C15H27N/c1-4-14(13-8-5-6-9-13)16-11-7-10-15(2,3)12-16/h4,13-14H,1,5-12H2,2-3H3. The summed E-state index contributed by atoms with van der Waals surface area (Å²) in [6.45, 7) is 11.5. The largest absolute Gasteiger partial charge is 0.296 e. The van der Waals surface area contributed by atoms with E-state index < -0.39 is 0 Å². The van der Waals surface area contributed by atoms with Crippen molar-refractivity contribution >= 4 is 0 Å². The van der Waals surface area contributed by atoms with Gasteiger partial charge in [0.1, 0.15) is 0 Å². The number of piperidine rings is 1. The first kappa shape index (κ1) is 12.2. The molecular weight excluding hydrogens is 194 g/mol. The zero-order chi connectivity index (χ0) is 11.6. The van der Waals surface area contributed by atoms with Crippen molar-refractivity contribution in [3.63, 3.8) is 0 Å². The topological polar surface area (TPSA) is 3.24 Å². The van der Waals surface area contributed by atoms with E-state index >= 15 is 0 Å². The Morgan fingerprint density at radius 2 is 1.94 bits per heavy atom. The molecule has 0 radical (unpaired) electrons. The minimum atomic E-state index is 0.512. The molecule has 92 valence electrons. The molecule has 2 rings (SSSR count). The maximum absolute atomic E-state index is 4.09. The molecule has 1 heteroatoms. The van der Waals surface area contributed by atoms with Crippen LogP contribution >= 0.6 is 0 Å². The summed E-state index contributed by atoms with van der Waals surface area (Å²) >= 11 is 0. The SMILES string of the molecule is C=CC(C1CCCC1)N1CCCC(C)(C)C1. The number of nitrogens with zero attached hydrogens (tertiary/aromatic N) is 1. The Kier molecular flexibility index (Phi) is 3.73. The van der Waals surface area contributed by atoms with E-state index in [0.29, 0.717) is 11.5 Å². The van der Waals surface area contributed by atoms with Gasteiger partial charge in [0.2, 0.25) is 0 Å². The number of hydrogen-bond acceptors (Lipinski definition) is 1. The maximum atomic E-state index is 4.09. The van der Waals surface area contributed by atoms with E-state index in [2.05, 4.69) is 31.4 Å². The van der Waals surface area contributed by atoms with Gasteiger partial charge >= 0.3 is 0 Å². The lowest BCUT2D eigenvalue weighted by molar-refractivity contribution is 0.0729. The molecule has 0 aromatic rings. The molecule has 1 heterocycles. The van der Waals surface area contributed by atoms with Crippen LogP contribution in [-0.2, 0) is 0 Å². The van der Waals surface area contributed by atoms with Gasteiger partial charge in [-0.05, 0) is 43.6 Å². The van der Waals surface area contributed by atoms with Crippen molar-refractivity contribution in [2.45, 2.75) is 58.4 Å². The van der Waals surface area contributed by atoms with Gasteiger partial charge in [-0.3, -0.25) is 4.90 Å².